The van der Waals surface area contributed by atoms with Crippen LogP contribution < -0.4 is 5.32 Å². The van der Waals surface area contributed by atoms with Gasteiger partial charge in [0.15, 0.2) is 0 Å². The Morgan fingerprint density at radius 2 is 2.26 bits per heavy atom. The molecule has 0 aliphatic heterocycles. The Labute approximate surface area is 111 Å². The number of nitrogens with zero attached hydrogens (tertiary/aromatic N) is 3. The highest BCUT2D eigenvalue weighted by Gasteiger charge is 2.13. The summed E-state index contributed by atoms with van der Waals surface area (Å²) in [4.78, 5) is 14.7. The standard InChI is InChI=1S/C13H16N4O2/c1-3-16-9-14-7-11(16)8-15-12-6-10(2)4-5-13(12)17(18)19/h4-7,9,15H,3,8H2,1-2H3. The van der Waals surface area contributed by atoms with E-state index in [1.54, 1.807) is 24.7 Å². The molecule has 6 heteroatoms. The van der Waals surface area contributed by atoms with E-state index in [4.69, 9.17) is 0 Å². The van der Waals surface area contributed by atoms with Crippen molar-refractivity contribution in [2.45, 2.75) is 26.9 Å². The van der Waals surface area contributed by atoms with Crippen molar-refractivity contribution in [2.24, 2.45) is 0 Å². The van der Waals surface area contributed by atoms with Gasteiger partial charge < -0.3 is 9.88 Å². The Kier molecular flexibility index (Phi) is 3.79. The average molecular weight is 260 g/mol. The van der Waals surface area contributed by atoms with Gasteiger partial charge >= 0.3 is 0 Å². The number of rotatable bonds is 5. The molecule has 1 heterocycles. The van der Waals surface area contributed by atoms with Crippen molar-refractivity contribution in [3.63, 3.8) is 0 Å². The first kappa shape index (κ1) is 13.1. The van der Waals surface area contributed by atoms with Gasteiger partial charge in [-0.2, -0.15) is 0 Å². The van der Waals surface area contributed by atoms with E-state index in [9.17, 15) is 10.1 Å². The number of aryl methyl sites for hydroxylation is 2. The molecule has 19 heavy (non-hydrogen) atoms. The third kappa shape index (κ3) is 2.90. The third-order valence-electron chi connectivity index (χ3n) is 2.95. The van der Waals surface area contributed by atoms with E-state index >= 15 is 0 Å². The van der Waals surface area contributed by atoms with E-state index in [1.807, 2.05) is 18.4 Å². The molecule has 0 aliphatic carbocycles. The molecule has 0 unspecified atom stereocenters. The zero-order valence-corrected chi connectivity index (χ0v) is 11.0. The summed E-state index contributed by atoms with van der Waals surface area (Å²) in [5, 5.41) is 14.1. The zero-order chi connectivity index (χ0) is 13.8. The Bertz CT molecular complexity index is 592. The largest absolute Gasteiger partial charge is 0.374 e. The maximum absolute atomic E-state index is 11.0. The van der Waals surface area contributed by atoms with Crippen LogP contribution in [0.15, 0.2) is 30.7 Å². The number of hydrogen-bond acceptors (Lipinski definition) is 4. The Balaban J connectivity index is 2.19. The second-order valence-corrected chi connectivity index (χ2v) is 4.30. The van der Waals surface area contributed by atoms with E-state index in [-0.39, 0.29) is 10.6 Å². The Hall–Kier alpha value is -2.37. The van der Waals surface area contributed by atoms with Crippen molar-refractivity contribution in [2.75, 3.05) is 5.32 Å². The van der Waals surface area contributed by atoms with Crippen molar-refractivity contribution in [1.82, 2.24) is 9.55 Å². The number of hydrogen-bond donors (Lipinski definition) is 1. The number of nitro benzene ring substituents is 1. The van der Waals surface area contributed by atoms with E-state index in [1.165, 1.54) is 6.07 Å². The SMILES string of the molecule is CCn1cncc1CNc1cc(C)ccc1[N+](=O)[O-]. The molecule has 0 bridgehead atoms. The molecular weight excluding hydrogens is 244 g/mol. The summed E-state index contributed by atoms with van der Waals surface area (Å²) >= 11 is 0. The third-order valence-corrected chi connectivity index (χ3v) is 2.95. The number of nitro groups is 1. The van der Waals surface area contributed by atoms with Crippen molar-refractivity contribution >= 4 is 11.4 Å². The monoisotopic (exact) mass is 260 g/mol. The lowest BCUT2D eigenvalue weighted by Crippen LogP contribution is -2.07. The number of aromatic nitrogens is 2. The van der Waals surface area contributed by atoms with Gasteiger partial charge in [-0.25, -0.2) is 4.98 Å². The molecule has 0 saturated heterocycles. The van der Waals surface area contributed by atoms with Crippen molar-refractivity contribution in [1.29, 1.82) is 0 Å². The zero-order valence-electron chi connectivity index (χ0n) is 11.0. The van der Waals surface area contributed by atoms with Crippen molar-refractivity contribution < 1.29 is 4.92 Å². The molecule has 0 amide bonds. The van der Waals surface area contributed by atoms with E-state index in [2.05, 4.69) is 10.3 Å². The smallest absolute Gasteiger partial charge is 0.292 e. The first-order valence-electron chi connectivity index (χ1n) is 6.09. The lowest BCUT2D eigenvalue weighted by Gasteiger charge is -2.09. The predicted octanol–water partition coefficient (Wildman–Crippen LogP) is 2.73. The molecule has 2 aromatic rings. The molecular formula is C13H16N4O2. The molecule has 0 radical (unpaired) electrons. The molecule has 1 aromatic heterocycles. The first-order valence-corrected chi connectivity index (χ1v) is 6.09. The number of benzene rings is 1. The molecule has 100 valence electrons. The highest BCUT2D eigenvalue weighted by atomic mass is 16.6. The van der Waals surface area contributed by atoms with Crippen LogP contribution in [0.2, 0.25) is 0 Å². The van der Waals surface area contributed by atoms with Crippen molar-refractivity contribution in [3.8, 4) is 0 Å². The molecule has 1 aromatic carbocycles. The van der Waals surface area contributed by atoms with Gasteiger partial charge in [0.25, 0.3) is 5.69 Å². The summed E-state index contributed by atoms with van der Waals surface area (Å²) in [6.45, 7) is 5.27. The lowest BCUT2D eigenvalue weighted by molar-refractivity contribution is -0.384. The van der Waals surface area contributed by atoms with Crippen LogP contribution in [0.1, 0.15) is 18.2 Å². The predicted molar refractivity (Wildman–Crippen MR) is 73.1 cm³/mol. The highest BCUT2D eigenvalue weighted by molar-refractivity contribution is 5.62. The molecule has 0 atom stereocenters. The van der Waals surface area contributed by atoms with Crippen LogP contribution in [-0.2, 0) is 13.1 Å². The minimum Gasteiger partial charge on any atom is -0.374 e. The maximum Gasteiger partial charge on any atom is 0.292 e. The second kappa shape index (κ2) is 5.51. The molecule has 2 rings (SSSR count). The first-order chi connectivity index (χ1) is 9.11. The van der Waals surface area contributed by atoms with Gasteiger partial charge in [-0.05, 0) is 25.5 Å². The van der Waals surface area contributed by atoms with Gasteiger partial charge in [0, 0.05) is 18.8 Å². The van der Waals surface area contributed by atoms with Crippen LogP contribution in [0.5, 0.6) is 0 Å². The van der Waals surface area contributed by atoms with Crippen LogP contribution in [0.25, 0.3) is 0 Å². The fourth-order valence-electron chi connectivity index (χ4n) is 1.92. The minimum absolute atomic E-state index is 0.0909. The van der Waals surface area contributed by atoms with Crippen LogP contribution >= 0.6 is 0 Å². The van der Waals surface area contributed by atoms with Crippen LogP contribution in [0.4, 0.5) is 11.4 Å². The van der Waals surface area contributed by atoms with E-state index in [0.717, 1.165) is 17.8 Å². The summed E-state index contributed by atoms with van der Waals surface area (Å²) in [7, 11) is 0. The van der Waals surface area contributed by atoms with Crippen LogP contribution in [0.3, 0.4) is 0 Å². The van der Waals surface area contributed by atoms with Crippen LogP contribution in [0, 0.1) is 17.0 Å². The minimum atomic E-state index is -0.376. The summed E-state index contributed by atoms with van der Waals surface area (Å²) in [6, 6.07) is 5.04. The van der Waals surface area contributed by atoms with E-state index < -0.39 is 0 Å². The maximum atomic E-state index is 11.0. The van der Waals surface area contributed by atoms with Gasteiger partial charge in [0.1, 0.15) is 5.69 Å². The van der Waals surface area contributed by atoms with E-state index in [0.29, 0.717) is 12.2 Å². The quantitative estimate of drug-likeness (QED) is 0.662. The normalized spacial score (nSPS) is 10.4. The summed E-state index contributed by atoms with van der Waals surface area (Å²) in [5.74, 6) is 0. The fourth-order valence-corrected chi connectivity index (χ4v) is 1.92. The Morgan fingerprint density at radius 1 is 1.47 bits per heavy atom. The van der Waals surface area contributed by atoms with Gasteiger partial charge in [-0.1, -0.05) is 6.07 Å². The van der Waals surface area contributed by atoms with Gasteiger partial charge in [0.2, 0.25) is 0 Å². The molecule has 0 fully saturated rings. The van der Waals surface area contributed by atoms with Gasteiger partial charge in [0.05, 0.1) is 23.5 Å². The van der Waals surface area contributed by atoms with Gasteiger partial charge in [-0.3, -0.25) is 10.1 Å². The molecule has 0 spiro atoms. The molecule has 0 saturated carbocycles. The number of imidazole rings is 1. The second-order valence-electron chi connectivity index (χ2n) is 4.30. The van der Waals surface area contributed by atoms with Crippen LogP contribution in [-0.4, -0.2) is 14.5 Å². The number of anilines is 1. The van der Waals surface area contributed by atoms with Gasteiger partial charge in [-0.15, -0.1) is 0 Å². The molecule has 0 aliphatic rings. The fraction of sp³-hybridized carbons (Fsp3) is 0.308. The molecule has 1 N–H and O–H groups in total. The average Bonchev–Trinajstić information content (AvgIpc) is 2.83. The highest BCUT2D eigenvalue weighted by Crippen LogP contribution is 2.25. The lowest BCUT2D eigenvalue weighted by atomic mass is 10.2. The topological polar surface area (TPSA) is 73.0 Å². The number of nitrogens with one attached hydrogen (secondary N) is 1. The van der Waals surface area contributed by atoms with Crippen molar-refractivity contribution in [3.05, 3.63) is 52.1 Å². The summed E-state index contributed by atoms with van der Waals surface area (Å²) < 4.78 is 1.99. The Morgan fingerprint density at radius 3 is 2.95 bits per heavy atom. The summed E-state index contributed by atoms with van der Waals surface area (Å²) in [5.41, 5.74) is 2.61. The summed E-state index contributed by atoms with van der Waals surface area (Å²) in [6.07, 6.45) is 3.51. The molecule has 6 nitrogen and oxygen atoms in total.